The predicted molar refractivity (Wildman–Crippen MR) is 58.3 cm³/mol. The van der Waals surface area contributed by atoms with Gasteiger partial charge >= 0.3 is 0 Å². The van der Waals surface area contributed by atoms with E-state index < -0.39 is 0 Å². The van der Waals surface area contributed by atoms with Gasteiger partial charge in [-0.25, -0.2) is 9.18 Å². The third-order valence-corrected chi connectivity index (χ3v) is 1.78. The molecular formula is C12H12FNO. The van der Waals surface area contributed by atoms with Crippen molar-refractivity contribution in [2.45, 2.75) is 0 Å². The first kappa shape index (κ1) is 11.2. The Morgan fingerprint density at radius 1 is 1.47 bits per heavy atom. The third kappa shape index (κ3) is 3.41. The van der Waals surface area contributed by atoms with Gasteiger partial charge in [-0.15, -0.1) is 0 Å². The number of rotatable bonds is 3. The molecule has 0 aliphatic rings. The van der Waals surface area contributed by atoms with E-state index in [1.54, 1.807) is 35.2 Å². The molecule has 0 spiro atoms. The van der Waals surface area contributed by atoms with Crippen molar-refractivity contribution in [3.8, 4) is 0 Å². The zero-order valence-corrected chi connectivity index (χ0v) is 8.70. The lowest BCUT2D eigenvalue weighted by molar-refractivity contribution is 0.563. The van der Waals surface area contributed by atoms with Gasteiger partial charge in [0.25, 0.3) is 0 Å². The summed E-state index contributed by atoms with van der Waals surface area (Å²) in [4.78, 5) is 12.5. The maximum atomic E-state index is 12.9. The van der Waals surface area contributed by atoms with E-state index in [2.05, 4.69) is 0 Å². The lowest BCUT2D eigenvalue weighted by atomic mass is 10.1. The summed E-state index contributed by atoms with van der Waals surface area (Å²) in [6.07, 6.45) is 3.31. The maximum absolute atomic E-state index is 12.9. The molecule has 1 rings (SSSR count). The molecule has 0 amide bonds. The van der Waals surface area contributed by atoms with Gasteiger partial charge in [0.05, 0.1) is 5.57 Å². The molecule has 0 aromatic heterocycles. The molecule has 78 valence electrons. The van der Waals surface area contributed by atoms with Crippen LogP contribution in [0.2, 0.25) is 0 Å². The number of benzene rings is 1. The molecule has 15 heavy (non-hydrogen) atoms. The molecule has 1 aromatic carbocycles. The summed E-state index contributed by atoms with van der Waals surface area (Å²) < 4.78 is 12.9. The molecule has 0 unspecified atom stereocenters. The average Bonchev–Trinajstić information content (AvgIpc) is 2.18. The summed E-state index contributed by atoms with van der Waals surface area (Å²) in [7, 11) is 3.68. The van der Waals surface area contributed by atoms with Crippen LogP contribution in [-0.2, 0) is 4.79 Å². The molecule has 2 nitrogen and oxygen atoms in total. The first-order valence-electron chi connectivity index (χ1n) is 4.49. The highest BCUT2D eigenvalue weighted by Gasteiger charge is 2.00. The number of carbonyl (C=O) groups excluding carboxylic acids is 1. The highest BCUT2D eigenvalue weighted by atomic mass is 19.1. The molecule has 1 aromatic rings. The highest BCUT2D eigenvalue weighted by molar-refractivity contribution is 5.93. The molecule has 0 N–H and O–H groups in total. The van der Waals surface area contributed by atoms with Crippen LogP contribution in [0.4, 0.5) is 4.39 Å². The van der Waals surface area contributed by atoms with Crippen LogP contribution in [0.25, 0.3) is 5.57 Å². The molecule has 0 fully saturated rings. The van der Waals surface area contributed by atoms with E-state index in [9.17, 15) is 9.18 Å². The van der Waals surface area contributed by atoms with Crippen LogP contribution >= 0.6 is 0 Å². The van der Waals surface area contributed by atoms with Gasteiger partial charge in [0.15, 0.2) is 0 Å². The minimum Gasteiger partial charge on any atom is -0.383 e. The molecule has 0 heterocycles. The zero-order valence-electron chi connectivity index (χ0n) is 8.70. The number of hydrogen-bond donors (Lipinski definition) is 0. The Bertz CT molecular complexity index is 417. The van der Waals surface area contributed by atoms with Gasteiger partial charge in [-0.1, -0.05) is 12.1 Å². The van der Waals surface area contributed by atoms with Gasteiger partial charge in [0, 0.05) is 14.1 Å². The minimum absolute atomic E-state index is 0.336. The molecular weight excluding hydrogens is 193 g/mol. The van der Waals surface area contributed by atoms with E-state index >= 15 is 0 Å². The average molecular weight is 205 g/mol. The summed E-state index contributed by atoms with van der Waals surface area (Å²) >= 11 is 0. The second kappa shape index (κ2) is 5.13. The summed E-state index contributed by atoms with van der Waals surface area (Å²) in [5.74, 6) is 1.42. The van der Waals surface area contributed by atoms with Crippen LogP contribution in [0, 0.1) is 5.82 Å². The number of hydrogen-bond acceptors (Lipinski definition) is 2. The lowest BCUT2D eigenvalue weighted by Gasteiger charge is -2.03. The molecule has 0 saturated carbocycles. The zero-order chi connectivity index (χ0) is 11.3. The van der Waals surface area contributed by atoms with Crippen LogP contribution in [0.15, 0.2) is 36.5 Å². The van der Waals surface area contributed by atoms with Crippen molar-refractivity contribution in [1.29, 1.82) is 0 Å². The van der Waals surface area contributed by atoms with Gasteiger partial charge < -0.3 is 4.90 Å². The number of halogens is 1. The van der Waals surface area contributed by atoms with E-state index in [1.165, 1.54) is 12.1 Å². The summed E-state index contributed by atoms with van der Waals surface area (Å²) in [5.41, 5.74) is 0.867. The SMILES string of the molecule is CN(C)/C=C\C(=C=O)c1cccc(F)c1. The fourth-order valence-corrected chi connectivity index (χ4v) is 1.07. The van der Waals surface area contributed by atoms with Crippen LogP contribution in [0.1, 0.15) is 5.56 Å². The van der Waals surface area contributed by atoms with E-state index in [4.69, 9.17) is 0 Å². The highest BCUT2D eigenvalue weighted by Crippen LogP contribution is 2.13. The van der Waals surface area contributed by atoms with Crippen LogP contribution in [0.3, 0.4) is 0 Å². The minimum atomic E-state index is -0.362. The second-order valence-electron chi connectivity index (χ2n) is 3.31. The molecule has 0 atom stereocenters. The Kier molecular flexibility index (Phi) is 3.83. The van der Waals surface area contributed by atoms with Gasteiger partial charge in [0.1, 0.15) is 11.8 Å². The number of nitrogens with zero attached hydrogens (tertiary/aromatic N) is 1. The van der Waals surface area contributed by atoms with Crippen LogP contribution < -0.4 is 0 Å². The van der Waals surface area contributed by atoms with E-state index in [0.717, 1.165) is 0 Å². The lowest BCUT2D eigenvalue weighted by Crippen LogP contribution is -2.00. The van der Waals surface area contributed by atoms with Crippen molar-refractivity contribution in [2.75, 3.05) is 14.1 Å². The molecule has 0 saturated heterocycles. The van der Waals surface area contributed by atoms with Gasteiger partial charge in [-0.3, -0.25) is 0 Å². The fourth-order valence-electron chi connectivity index (χ4n) is 1.07. The monoisotopic (exact) mass is 205 g/mol. The standard InChI is InChI=1S/C12H12FNO/c1-14(2)7-6-11(9-15)10-4-3-5-12(13)8-10/h3-8H,1-2H3/b7-6-. The fraction of sp³-hybridized carbons (Fsp3) is 0.167. The first-order valence-corrected chi connectivity index (χ1v) is 4.49. The molecule has 0 radical (unpaired) electrons. The van der Waals surface area contributed by atoms with Crippen molar-refractivity contribution >= 4 is 11.5 Å². The van der Waals surface area contributed by atoms with E-state index in [0.29, 0.717) is 11.1 Å². The van der Waals surface area contributed by atoms with Crippen LogP contribution in [0.5, 0.6) is 0 Å². The number of allylic oxidation sites excluding steroid dienone is 2. The van der Waals surface area contributed by atoms with E-state index in [-0.39, 0.29) is 5.82 Å². The quantitative estimate of drug-likeness (QED) is 0.556. The topological polar surface area (TPSA) is 20.3 Å². The largest absolute Gasteiger partial charge is 0.383 e. The van der Waals surface area contributed by atoms with Crippen molar-refractivity contribution in [2.24, 2.45) is 0 Å². The van der Waals surface area contributed by atoms with Crippen molar-refractivity contribution in [1.82, 2.24) is 4.90 Å². The van der Waals surface area contributed by atoms with Crippen LogP contribution in [-0.4, -0.2) is 24.9 Å². The van der Waals surface area contributed by atoms with Crippen molar-refractivity contribution in [3.63, 3.8) is 0 Å². The Balaban J connectivity index is 3.00. The molecule has 0 aliphatic carbocycles. The Labute approximate surface area is 88.3 Å². The third-order valence-electron chi connectivity index (χ3n) is 1.78. The van der Waals surface area contributed by atoms with Crippen molar-refractivity contribution in [3.05, 3.63) is 47.9 Å². The smallest absolute Gasteiger partial charge is 0.133 e. The Morgan fingerprint density at radius 3 is 2.73 bits per heavy atom. The summed E-state index contributed by atoms with van der Waals surface area (Å²) in [5, 5.41) is 0. The Hall–Kier alpha value is -1.86. The second-order valence-corrected chi connectivity index (χ2v) is 3.31. The van der Waals surface area contributed by atoms with Gasteiger partial charge in [-0.2, -0.15) is 0 Å². The van der Waals surface area contributed by atoms with Gasteiger partial charge in [0.2, 0.25) is 0 Å². The molecule has 0 bridgehead atoms. The van der Waals surface area contributed by atoms with Crippen molar-refractivity contribution < 1.29 is 9.18 Å². The first-order chi connectivity index (χ1) is 7.13. The summed E-state index contributed by atoms with van der Waals surface area (Å²) in [6.45, 7) is 0. The van der Waals surface area contributed by atoms with Gasteiger partial charge in [-0.05, 0) is 30.0 Å². The normalized spacial score (nSPS) is 10.1. The predicted octanol–water partition coefficient (Wildman–Crippen LogP) is 2.12. The summed E-state index contributed by atoms with van der Waals surface area (Å²) in [6, 6.07) is 5.87. The molecule has 3 heteroatoms. The van der Waals surface area contributed by atoms with E-state index in [1.807, 2.05) is 14.1 Å². The Morgan fingerprint density at radius 2 is 2.20 bits per heavy atom. The maximum Gasteiger partial charge on any atom is 0.133 e. The molecule has 0 aliphatic heterocycles.